The lowest BCUT2D eigenvalue weighted by Crippen LogP contribution is -2.58. The minimum absolute atomic E-state index is 0.177. The van der Waals surface area contributed by atoms with Crippen LogP contribution >= 0.6 is 0 Å². The highest BCUT2D eigenvalue weighted by Crippen LogP contribution is 2.23. The first-order chi connectivity index (χ1) is 9.08. The molecule has 0 unspecified atom stereocenters. The SMILES string of the molecule is O=S(=O)(NC1(CO)CCOCC1)N1CCCCCC1. The zero-order valence-electron chi connectivity index (χ0n) is 11.3. The summed E-state index contributed by atoms with van der Waals surface area (Å²) in [5, 5.41) is 9.56. The molecule has 6 nitrogen and oxygen atoms in total. The lowest BCUT2D eigenvalue weighted by atomic mass is 9.93. The van der Waals surface area contributed by atoms with Crippen LogP contribution in [0.1, 0.15) is 38.5 Å². The zero-order valence-corrected chi connectivity index (χ0v) is 12.1. The molecule has 2 saturated heterocycles. The minimum Gasteiger partial charge on any atom is -0.394 e. The fourth-order valence-corrected chi connectivity index (χ4v) is 4.36. The summed E-state index contributed by atoms with van der Waals surface area (Å²) in [5.41, 5.74) is -0.747. The highest BCUT2D eigenvalue weighted by atomic mass is 32.2. The summed E-state index contributed by atoms with van der Waals surface area (Å²) in [6.07, 6.45) is 5.05. The number of nitrogens with one attached hydrogen (secondary N) is 1. The Labute approximate surface area is 115 Å². The summed E-state index contributed by atoms with van der Waals surface area (Å²) in [4.78, 5) is 0. The molecule has 112 valence electrons. The van der Waals surface area contributed by atoms with Crippen LogP contribution in [0.15, 0.2) is 0 Å². The van der Waals surface area contributed by atoms with Crippen molar-refractivity contribution in [1.82, 2.24) is 9.03 Å². The highest BCUT2D eigenvalue weighted by Gasteiger charge is 2.38. The van der Waals surface area contributed by atoms with Gasteiger partial charge in [0.2, 0.25) is 0 Å². The third-order valence-corrected chi connectivity index (χ3v) is 5.74. The first-order valence-electron chi connectivity index (χ1n) is 7.06. The molecular formula is C12H24N2O4S. The molecule has 2 N–H and O–H groups in total. The van der Waals surface area contributed by atoms with Gasteiger partial charge in [0.25, 0.3) is 10.2 Å². The molecule has 0 radical (unpaired) electrons. The van der Waals surface area contributed by atoms with Gasteiger partial charge in [-0.15, -0.1) is 0 Å². The lowest BCUT2D eigenvalue weighted by molar-refractivity contribution is 0.0216. The molecule has 0 amide bonds. The minimum atomic E-state index is -3.51. The fourth-order valence-electron chi connectivity index (χ4n) is 2.67. The second kappa shape index (κ2) is 6.49. The van der Waals surface area contributed by atoms with E-state index in [2.05, 4.69) is 4.72 Å². The van der Waals surface area contributed by atoms with Crippen molar-refractivity contribution >= 4 is 10.2 Å². The Morgan fingerprint density at radius 1 is 1.11 bits per heavy atom. The van der Waals surface area contributed by atoms with Crippen molar-refractivity contribution in [2.45, 2.75) is 44.1 Å². The summed E-state index contributed by atoms with van der Waals surface area (Å²) in [5.74, 6) is 0. The maximum absolute atomic E-state index is 12.4. The van der Waals surface area contributed by atoms with E-state index in [9.17, 15) is 13.5 Å². The standard InChI is InChI=1S/C12H24N2O4S/c15-11-12(5-9-18-10-6-12)13-19(16,17)14-7-3-1-2-4-8-14/h13,15H,1-11H2. The predicted octanol–water partition coefficient (Wildman–Crippen LogP) is 0.238. The molecule has 19 heavy (non-hydrogen) atoms. The van der Waals surface area contributed by atoms with Gasteiger partial charge in [-0.1, -0.05) is 12.8 Å². The van der Waals surface area contributed by atoms with E-state index >= 15 is 0 Å². The Morgan fingerprint density at radius 3 is 2.21 bits per heavy atom. The van der Waals surface area contributed by atoms with E-state index in [0.29, 0.717) is 39.1 Å². The fraction of sp³-hybridized carbons (Fsp3) is 1.00. The molecule has 2 aliphatic rings. The molecule has 2 heterocycles. The Balaban J connectivity index is 2.05. The monoisotopic (exact) mass is 292 g/mol. The molecule has 2 rings (SSSR count). The Kier molecular flexibility index (Phi) is 5.19. The molecule has 0 bridgehead atoms. The van der Waals surface area contributed by atoms with Crippen molar-refractivity contribution in [3.8, 4) is 0 Å². The average Bonchev–Trinajstić information content (AvgIpc) is 2.69. The molecule has 2 aliphatic heterocycles. The van der Waals surface area contributed by atoms with Crippen molar-refractivity contribution in [3.05, 3.63) is 0 Å². The molecule has 0 aliphatic carbocycles. The van der Waals surface area contributed by atoms with Crippen LogP contribution in [0, 0.1) is 0 Å². The van der Waals surface area contributed by atoms with Gasteiger partial charge in [0.05, 0.1) is 12.1 Å². The van der Waals surface area contributed by atoms with E-state index in [0.717, 1.165) is 25.7 Å². The zero-order chi connectivity index (χ0) is 13.8. The van der Waals surface area contributed by atoms with Gasteiger partial charge in [-0.05, 0) is 25.7 Å². The van der Waals surface area contributed by atoms with E-state index in [1.807, 2.05) is 0 Å². The quantitative estimate of drug-likeness (QED) is 0.778. The number of hydrogen-bond acceptors (Lipinski definition) is 4. The number of aliphatic hydroxyl groups is 1. The Morgan fingerprint density at radius 2 is 1.68 bits per heavy atom. The van der Waals surface area contributed by atoms with Crippen molar-refractivity contribution in [3.63, 3.8) is 0 Å². The predicted molar refractivity (Wildman–Crippen MR) is 72.0 cm³/mol. The molecule has 7 heteroatoms. The smallest absolute Gasteiger partial charge is 0.280 e. The van der Waals surface area contributed by atoms with Crippen LogP contribution in [-0.4, -0.2) is 56.3 Å². The van der Waals surface area contributed by atoms with Crippen molar-refractivity contribution in [1.29, 1.82) is 0 Å². The normalized spacial score (nSPS) is 25.9. The largest absolute Gasteiger partial charge is 0.394 e. The number of hydrogen-bond donors (Lipinski definition) is 2. The molecular weight excluding hydrogens is 268 g/mol. The summed E-state index contributed by atoms with van der Waals surface area (Å²) in [7, 11) is -3.51. The number of rotatable bonds is 4. The van der Waals surface area contributed by atoms with Gasteiger partial charge in [-0.25, -0.2) is 0 Å². The molecule has 0 aromatic carbocycles. The van der Waals surface area contributed by atoms with Gasteiger partial charge in [0, 0.05) is 26.3 Å². The average molecular weight is 292 g/mol. The Hall–Kier alpha value is -0.210. The van der Waals surface area contributed by atoms with Gasteiger partial charge in [-0.3, -0.25) is 0 Å². The molecule has 0 saturated carbocycles. The number of nitrogens with zero attached hydrogens (tertiary/aromatic N) is 1. The third kappa shape index (κ3) is 3.88. The maximum Gasteiger partial charge on any atom is 0.280 e. The molecule has 0 aromatic heterocycles. The van der Waals surface area contributed by atoms with Crippen LogP contribution in [0.2, 0.25) is 0 Å². The van der Waals surface area contributed by atoms with E-state index in [-0.39, 0.29) is 6.61 Å². The van der Waals surface area contributed by atoms with E-state index in [1.54, 1.807) is 0 Å². The lowest BCUT2D eigenvalue weighted by Gasteiger charge is -2.37. The van der Waals surface area contributed by atoms with Crippen LogP contribution in [0.3, 0.4) is 0 Å². The number of ether oxygens (including phenoxy) is 1. The third-order valence-electron chi connectivity index (χ3n) is 4.00. The number of aliphatic hydroxyl groups excluding tert-OH is 1. The molecule has 0 atom stereocenters. The summed E-state index contributed by atoms with van der Waals surface area (Å²) < 4.78 is 34.4. The van der Waals surface area contributed by atoms with Crippen LogP contribution < -0.4 is 4.72 Å². The van der Waals surface area contributed by atoms with Gasteiger partial charge in [-0.2, -0.15) is 17.4 Å². The van der Waals surface area contributed by atoms with E-state index < -0.39 is 15.7 Å². The second-order valence-corrected chi connectivity index (χ2v) is 7.14. The van der Waals surface area contributed by atoms with Crippen LogP contribution in [0.25, 0.3) is 0 Å². The summed E-state index contributed by atoms with van der Waals surface area (Å²) >= 11 is 0. The van der Waals surface area contributed by atoms with Gasteiger partial charge in [0.15, 0.2) is 0 Å². The van der Waals surface area contributed by atoms with Crippen molar-refractivity contribution < 1.29 is 18.3 Å². The van der Waals surface area contributed by atoms with Gasteiger partial charge in [0.1, 0.15) is 0 Å². The van der Waals surface area contributed by atoms with Crippen molar-refractivity contribution in [2.75, 3.05) is 32.9 Å². The molecule has 2 fully saturated rings. The first-order valence-corrected chi connectivity index (χ1v) is 8.50. The molecule has 0 aromatic rings. The Bertz CT molecular complexity index is 371. The van der Waals surface area contributed by atoms with Crippen LogP contribution in [0.4, 0.5) is 0 Å². The highest BCUT2D eigenvalue weighted by molar-refractivity contribution is 7.87. The first kappa shape index (κ1) is 15.2. The van der Waals surface area contributed by atoms with Gasteiger partial charge >= 0.3 is 0 Å². The van der Waals surface area contributed by atoms with Gasteiger partial charge < -0.3 is 9.84 Å². The second-order valence-electron chi connectivity index (χ2n) is 5.47. The van der Waals surface area contributed by atoms with E-state index in [1.165, 1.54) is 4.31 Å². The van der Waals surface area contributed by atoms with Crippen LogP contribution in [-0.2, 0) is 14.9 Å². The topological polar surface area (TPSA) is 78.9 Å². The summed E-state index contributed by atoms with van der Waals surface area (Å²) in [6.45, 7) is 1.95. The van der Waals surface area contributed by atoms with Crippen molar-refractivity contribution in [2.24, 2.45) is 0 Å². The van der Waals surface area contributed by atoms with Crippen LogP contribution in [0.5, 0.6) is 0 Å². The maximum atomic E-state index is 12.4. The van der Waals surface area contributed by atoms with E-state index in [4.69, 9.17) is 4.74 Å². The molecule has 0 spiro atoms. The summed E-state index contributed by atoms with van der Waals surface area (Å²) in [6, 6.07) is 0.